The van der Waals surface area contributed by atoms with Crippen LogP contribution in [-0.4, -0.2) is 59.7 Å². The summed E-state index contributed by atoms with van der Waals surface area (Å²) in [6, 6.07) is 0. The molecule has 0 heterocycles. The average molecular weight is 332 g/mol. The van der Waals surface area contributed by atoms with Crippen LogP contribution in [0.4, 0.5) is 0 Å². The van der Waals surface area contributed by atoms with Crippen LogP contribution in [-0.2, 0) is 21.7 Å². The van der Waals surface area contributed by atoms with Gasteiger partial charge in [0.15, 0.2) is 0 Å². The van der Waals surface area contributed by atoms with Crippen molar-refractivity contribution in [1.82, 2.24) is 4.90 Å². The molecule has 121 valence electrons. The first kappa shape index (κ1) is 23.8. The Bertz CT molecular complexity index is 184. The van der Waals surface area contributed by atoms with Crippen LogP contribution in [0.3, 0.4) is 0 Å². The summed E-state index contributed by atoms with van der Waals surface area (Å²) in [7, 11) is 0. The average Bonchev–Trinajstić information content (AvgIpc) is 2.59. The van der Waals surface area contributed by atoms with E-state index in [-0.39, 0.29) is 41.5 Å². The summed E-state index contributed by atoms with van der Waals surface area (Å²) in [5.41, 5.74) is 0. The fourth-order valence-electron chi connectivity index (χ4n) is 2.17. The van der Waals surface area contributed by atoms with Crippen molar-refractivity contribution in [3.05, 3.63) is 29.6 Å². The maximum absolute atomic E-state index is 8.48. The van der Waals surface area contributed by atoms with Gasteiger partial charge in [-0.3, -0.25) is 4.90 Å². The van der Waals surface area contributed by atoms with Gasteiger partial charge in [0.2, 0.25) is 0 Å². The van der Waals surface area contributed by atoms with Crippen LogP contribution in [0.2, 0.25) is 0 Å². The van der Waals surface area contributed by atoms with Crippen molar-refractivity contribution in [1.29, 1.82) is 0 Å². The molecule has 1 rings (SSSR count). The second-order valence-electron chi connectivity index (χ2n) is 5.14. The van der Waals surface area contributed by atoms with E-state index in [1.807, 2.05) is 0 Å². The van der Waals surface area contributed by atoms with Gasteiger partial charge in [-0.1, -0.05) is 34.6 Å². The van der Waals surface area contributed by atoms with Crippen molar-refractivity contribution in [2.75, 3.05) is 39.5 Å². The van der Waals surface area contributed by atoms with Crippen LogP contribution in [0.15, 0.2) is 0 Å². The Morgan fingerprint density at radius 1 is 0.571 bits per heavy atom. The van der Waals surface area contributed by atoms with Crippen LogP contribution >= 0.6 is 0 Å². The quantitative estimate of drug-likeness (QED) is 0.641. The van der Waals surface area contributed by atoms with Crippen LogP contribution in [0.1, 0.15) is 34.6 Å². The van der Waals surface area contributed by atoms with Gasteiger partial charge in [-0.2, -0.15) is 0 Å². The molecule has 0 atom stereocenters. The number of aliphatic hydroxyl groups excluding tert-OH is 3. The fraction of sp³-hybridized carbons (Fsp3) is 0.688. The summed E-state index contributed by atoms with van der Waals surface area (Å²) in [4.78, 5) is 1.79. The molecule has 0 saturated heterocycles. The zero-order chi connectivity index (χ0) is 15.7. The van der Waals surface area contributed by atoms with Crippen molar-refractivity contribution in [2.24, 2.45) is 0 Å². The number of hydrogen-bond acceptors (Lipinski definition) is 4. The monoisotopic (exact) mass is 332 g/mol. The summed E-state index contributed by atoms with van der Waals surface area (Å²) in [5.74, 6) is 7.34. The minimum atomic E-state index is 0. The second kappa shape index (κ2) is 13.0. The van der Waals surface area contributed by atoms with Gasteiger partial charge >= 0.3 is 0 Å². The van der Waals surface area contributed by atoms with Gasteiger partial charge in [-0.25, -0.2) is 0 Å². The zero-order valence-electron chi connectivity index (χ0n) is 14.0. The molecule has 21 heavy (non-hydrogen) atoms. The molecule has 5 heteroatoms. The third-order valence-corrected chi connectivity index (χ3v) is 4.06. The predicted octanol–water partition coefficient (Wildman–Crippen LogP) is 1.23. The number of nitrogens with zero attached hydrogens (tertiary/aromatic N) is 1. The number of aliphatic hydroxyl groups is 3. The van der Waals surface area contributed by atoms with E-state index >= 15 is 0 Å². The standard InChI is InChI=1S/C10H15.C6H15NO3.Ti/c1-6-7(2)9(4)10(5)8(6)3;8-4-1-7(2-5-9)3-6-10;/h1-5H3;8-10H,1-6H2;. The largest absolute Gasteiger partial charge is 0.395 e. The van der Waals surface area contributed by atoms with Crippen molar-refractivity contribution >= 4 is 0 Å². The van der Waals surface area contributed by atoms with Gasteiger partial charge < -0.3 is 15.3 Å². The molecule has 0 bridgehead atoms. The van der Waals surface area contributed by atoms with Gasteiger partial charge in [0.1, 0.15) is 0 Å². The second-order valence-corrected chi connectivity index (χ2v) is 5.14. The van der Waals surface area contributed by atoms with E-state index in [4.69, 9.17) is 15.3 Å². The Hall–Kier alpha value is 0.554. The van der Waals surface area contributed by atoms with Gasteiger partial charge in [0.05, 0.1) is 19.8 Å². The maximum Gasteiger partial charge on any atom is 0.0558 e. The van der Waals surface area contributed by atoms with Crippen LogP contribution in [0.5, 0.6) is 0 Å². The predicted molar refractivity (Wildman–Crippen MR) is 82.3 cm³/mol. The SMILES string of the molecule is C[C]1[C](C)[C](C)[C](C)[C]1C.OCCN(CCO)CCO.[Ti]. The Labute approximate surface area is 145 Å². The van der Waals surface area contributed by atoms with E-state index in [2.05, 4.69) is 34.6 Å². The summed E-state index contributed by atoms with van der Waals surface area (Å²) < 4.78 is 0. The molecule has 0 spiro atoms. The Morgan fingerprint density at radius 3 is 0.905 bits per heavy atom. The van der Waals surface area contributed by atoms with E-state index < -0.39 is 0 Å². The Kier molecular flexibility index (Phi) is 14.8. The van der Waals surface area contributed by atoms with Gasteiger partial charge in [0.25, 0.3) is 0 Å². The summed E-state index contributed by atoms with van der Waals surface area (Å²) in [5, 5.41) is 25.5. The summed E-state index contributed by atoms with van der Waals surface area (Å²) >= 11 is 0. The van der Waals surface area contributed by atoms with Crippen LogP contribution in [0, 0.1) is 29.6 Å². The van der Waals surface area contributed by atoms with Crippen molar-refractivity contribution in [3.8, 4) is 0 Å². The normalized spacial score (nSPS) is 18.7. The topological polar surface area (TPSA) is 63.9 Å². The van der Waals surface area contributed by atoms with Crippen molar-refractivity contribution < 1.29 is 37.0 Å². The van der Waals surface area contributed by atoms with Gasteiger partial charge in [-0.05, 0) is 29.6 Å². The third-order valence-electron chi connectivity index (χ3n) is 4.06. The fourth-order valence-corrected chi connectivity index (χ4v) is 2.17. The van der Waals surface area contributed by atoms with E-state index in [1.54, 1.807) is 4.90 Å². The molecule has 0 aromatic carbocycles. The molecular weight excluding hydrogens is 302 g/mol. The van der Waals surface area contributed by atoms with E-state index in [0.717, 1.165) is 0 Å². The molecule has 0 aromatic rings. The minimum absolute atomic E-state index is 0. The smallest absolute Gasteiger partial charge is 0.0558 e. The summed E-state index contributed by atoms with van der Waals surface area (Å²) in [6.07, 6.45) is 0. The molecule has 0 aliphatic heterocycles. The van der Waals surface area contributed by atoms with E-state index in [1.165, 1.54) is 29.6 Å². The zero-order valence-corrected chi connectivity index (χ0v) is 15.6. The first-order chi connectivity index (χ1) is 9.40. The molecule has 0 amide bonds. The van der Waals surface area contributed by atoms with E-state index in [9.17, 15) is 0 Å². The Balaban J connectivity index is 0. The summed E-state index contributed by atoms with van der Waals surface area (Å²) in [6.45, 7) is 12.7. The molecule has 1 aliphatic rings. The van der Waals surface area contributed by atoms with Crippen molar-refractivity contribution in [3.63, 3.8) is 0 Å². The van der Waals surface area contributed by atoms with Crippen LogP contribution in [0.25, 0.3) is 0 Å². The molecule has 4 nitrogen and oxygen atoms in total. The number of hydrogen-bond donors (Lipinski definition) is 3. The van der Waals surface area contributed by atoms with E-state index in [0.29, 0.717) is 19.6 Å². The Morgan fingerprint density at radius 2 is 0.762 bits per heavy atom. The van der Waals surface area contributed by atoms with Crippen LogP contribution < -0.4 is 0 Å². The molecule has 3 N–H and O–H groups in total. The maximum atomic E-state index is 8.48. The molecular formula is C16H30NO3Ti. The van der Waals surface area contributed by atoms with Gasteiger partial charge in [0, 0.05) is 41.4 Å². The molecule has 5 radical (unpaired) electrons. The first-order valence-corrected chi connectivity index (χ1v) is 7.15. The molecule has 1 aliphatic carbocycles. The molecule has 0 aromatic heterocycles. The first-order valence-electron chi connectivity index (χ1n) is 7.15. The van der Waals surface area contributed by atoms with Gasteiger partial charge in [-0.15, -0.1) is 0 Å². The minimum Gasteiger partial charge on any atom is -0.395 e. The third kappa shape index (κ3) is 8.10. The molecule has 1 saturated carbocycles. The number of rotatable bonds is 6. The molecule has 1 fully saturated rings. The molecule has 0 unspecified atom stereocenters. The van der Waals surface area contributed by atoms with Crippen molar-refractivity contribution in [2.45, 2.75) is 34.6 Å².